The first-order chi connectivity index (χ1) is 13.7. The summed E-state index contributed by atoms with van der Waals surface area (Å²) in [6, 6.07) is 12.8. The third-order valence-corrected chi connectivity index (χ3v) is 6.11. The molecule has 0 heterocycles. The van der Waals surface area contributed by atoms with Crippen molar-refractivity contribution < 1.29 is 22.7 Å². The number of carbonyl (C=O) groups is 1. The van der Waals surface area contributed by atoms with E-state index in [-0.39, 0.29) is 6.61 Å². The highest BCUT2D eigenvalue weighted by molar-refractivity contribution is 7.89. The zero-order chi connectivity index (χ0) is 21.4. The van der Waals surface area contributed by atoms with Crippen LogP contribution in [0.2, 0.25) is 0 Å². The third-order valence-electron chi connectivity index (χ3n) is 4.31. The number of rotatable bonds is 8. The summed E-state index contributed by atoms with van der Waals surface area (Å²) in [6.07, 6.45) is 2.95. The summed E-state index contributed by atoms with van der Waals surface area (Å²) in [5.74, 6) is 0. The quantitative estimate of drug-likeness (QED) is 0.521. The van der Waals surface area contributed by atoms with E-state index in [2.05, 4.69) is 9.46 Å². The largest absolute Gasteiger partial charge is 0.508 e. The first-order valence-electron chi connectivity index (χ1n) is 9.24. The minimum Gasteiger partial charge on any atom is -0.438 e. The molecule has 0 fully saturated rings. The number of aryl methyl sites for hydroxylation is 3. The summed E-state index contributed by atoms with van der Waals surface area (Å²) in [7, 11) is -2.52. The Morgan fingerprint density at radius 2 is 1.72 bits per heavy atom. The molecular formula is C22H27NO5S. The predicted octanol–water partition coefficient (Wildman–Crippen LogP) is 3.84. The molecule has 0 radical (unpaired) electrons. The number of sulfonamides is 1. The minimum atomic E-state index is -3.75. The molecule has 1 N–H and O–H groups in total. The molecule has 7 heteroatoms. The van der Waals surface area contributed by atoms with E-state index in [0.717, 1.165) is 11.1 Å². The lowest BCUT2D eigenvalue weighted by molar-refractivity contribution is 0.0817. The number of benzene rings is 2. The number of carbonyl (C=O) groups excluding carboxylic acids is 1. The number of hydrogen-bond donors (Lipinski definition) is 1. The van der Waals surface area contributed by atoms with Crippen LogP contribution in [-0.2, 0) is 25.9 Å². The second-order valence-corrected chi connectivity index (χ2v) is 8.49. The third kappa shape index (κ3) is 6.73. The van der Waals surface area contributed by atoms with Gasteiger partial charge in [-0.1, -0.05) is 54.1 Å². The van der Waals surface area contributed by atoms with Crippen LogP contribution in [0.4, 0.5) is 4.79 Å². The van der Waals surface area contributed by atoms with Crippen molar-refractivity contribution in [1.82, 2.24) is 4.72 Å². The molecule has 0 spiro atoms. The molecule has 0 aromatic heterocycles. The molecule has 29 heavy (non-hydrogen) atoms. The first-order valence-corrected chi connectivity index (χ1v) is 10.7. The van der Waals surface area contributed by atoms with Gasteiger partial charge in [-0.2, -0.15) is 0 Å². The van der Waals surface area contributed by atoms with Gasteiger partial charge in [0.15, 0.2) is 0 Å². The molecule has 0 amide bonds. The van der Waals surface area contributed by atoms with Gasteiger partial charge in [0, 0.05) is 6.04 Å². The summed E-state index contributed by atoms with van der Waals surface area (Å²) in [5, 5.41) is 0. The van der Waals surface area contributed by atoms with Gasteiger partial charge in [0.25, 0.3) is 0 Å². The SMILES string of the molecule is COC(=O)OC/C=C/C(Cc1ccccc1)NS(=O)(=O)c1c(C)cc(C)cc1C. The molecule has 0 saturated heterocycles. The molecule has 2 aromatic rings. The average molecular weight is 418 g/mol. The highest BCUT2D eigenvalue weighted by atomic mass is 32.2. The fraction of sp³-hybridized carbons (Fsp3) is 0.318. The van der Waals surface area contributed by atoms with Gasteiger partial charge < -0.3 is 9.47 Å². The Morgan fingerprint density at radius 1 is 1.10 bits per heavy atom. The maximum absolute atomic E-state index is 13.1. The zero-order valence-corrected chi connectivity index (χ0v) is 18.0. The van der Waals surface area contributed by atoms with E-state index in [1.165, 1.54) is 7.11 Å². The molecule has 1 atom stereocenters. The van der Waals surface area contributed by atoms with Gasteiger partial charge in [-0.15, -0.1) is 0 Å². The molecular weight excluding hydrogens is 390 g/mol. The van der Waals surface area contributed by atoms with Gasteiger partial charge in [-0.05, 0) is 50.0 Å². The van der Waals surface area contributed by atoms with Crippen LogP contribution in [0.5, 0.6) is 0 Å². The number of nitrogens with one attached hydrogen (secondary N) is 1. The van der Waals surface area contributed by atoms with Crippen LogP contribution in [0.15, 0.2) is 59.5 Å². The van der Waals surface area contributed by atoms with E-state index in [1.807, 2.05) is 49.4 Å². The molecule has 0 aliphatic rings. The maximum atomic E-state index is 13.1. The van der Waals surface area contributed by atoms with Crippen LogP contribution in [0, 0.1) is 20.8 Å². The first kappa shape index (κ1) is 22.6. The van der Waals surface area contributed by atoms with Gasteiger partial charge in [-0.3, -0.25) is 0 Å². The Hall–Kier alpha value is -2.64. The minimum absolute atomic E-state index is 0.0116. The van der Waals surface area contributed by atoms with Crippen molar-refractivity contribution in [3.8, 4) is 0 Å². The van der Waals surface area contributed by atoms with E-state index >= 15 is 0 Å². The second-order valence-electron chi connectivity index (χ2n) is 6.84. The van der Waals surface area contributed by atoms with E-state index in [4.69, 9.17) is 4.74 Å². The number of ether oxygens (including phenoxy) is 2. The Bertz CT molecular complexity index is 945. The summed E-state index contributed by atoms with van der Waals surface area (Å²) in [6.45, 7) is 5.51. The average Bonchev–Trinajstić information content (AvgIpc) is 2.64. The molecule has 1 unspecified atom stereocenters. The van der Waals surface area contributed by atoms with Crippen molar-refractivity contribution in [1.29, 1.82) is 0 Å². The molecule has 2 aromatic carbocycles. The zero-order valence-electron chi connectivity index (χ0n) is 17.1. The molecule has 6 nitrogen and oxygen atoms in total. The van der Waals surface area contributed by atoms with Crippen molar-refractivity contribution in [2.45, 2.75) is 38.1 Å². The number of hydrogen-bond acceptors (Lipinski definition) is 5. The summed E-state index contributed by atoms with van der Waals surface area (Å²) in [4.78, 5) is 11.4. The van der Waals surface area contributed by atoms with Gasteiger partial charge in [0.1, 0.15) is 6.61 Å². The van der Waals surface area contributed by atoms with Gasteiger partial charge in [0.2, 0.25) is 10.0 Å². The van der Waals surface area contributed by atoms with Crippen LogP contribution >= 0.6 is 0 Å². The van der Waals surface area contributed by atoms with Crippen molar-refractivity contribution in [3.05, 3.63) is 76.9 Å². The predicted molar refractivity (Wildman–Crippen MR) is 112 cm³/mol. The Balaban J connectivity index is 2.26. The van der Waals surface area contributed by atoms with Crippen LogP contribution in [0.25, 0.3) is 0 Å². The normalized spacial score (nSPS) is 12.7. The van der Waals surface area contributed by atoms with E-state index in [0.29, 0.717) is 22.4 Å². The Kier molecular flexibility index (Phi) is 7.99. The second kappa shape index (κ2) is 10.2. The molecule has 0 bridgehead atoms. The molecule has 2 rings (SSSR count). The summed E-state index contributed by atoms with van der Waals surface area (Å²) >= 11 is 0. The fourth-order valence-electron chi connectivity index (χ4n) is 3.26. The van der Waals surface area contributed by atoms with Crippen molar-refractivity contribution in [3.63, 3.8) is 0 Å². The Morgan fingerprint density at radius 3 is 2.31 bits per heavy atom. The van der Waals surface area contributed by atoms with Crippen molar-refractivity contribution >= 4 is 16.2 Å². The van der Waals surface area contributed by atoms with Crippen LogP contribution in [-0.4, -0.2) is 34.3 Å². The fourth-order valence-corrected chi connectivity index (χ4v) is 4.90. The molecule has 0 saturated carbocycles. The van der Waals surface area contributed by atoms with Gasteiger partial charge in [-0.25, -0.2) is 17.9 Å². The van der Waals surface area contributed by atoms with Crippen LogP contribution < -0.4 is 4.72 Å². The van der Waals surface area contributed by atoms with Crippen LogP contribution in [0.1, 0.15) is 22.3 Å². The lowest BCUT2D eigenvalue weighted by atomic mass is 10.1. The van der Waals surface area contributed by atoms with E-state index in [9.17, 15) is 13.2 Å². The topological polar surface area (TPSA) is 81.7 Å². The maximum Gasteiger partial charge on any atom is 0.508 e. The molecule has 0 aliphatic carbocycles. The highest BCUT2D eigenvalue weighted by Crippen LogP contribution is 2.22. The van der Waals surface area contributed by atoms with E-state index in [1.54, 1.807) is 26.0 Å². The van der Waals surface area contributed by atoms with Crippen molar-refractivity contribution in [2.75, 3.05) is 13.7 Å². The summed E-state index contributed by atoms with van der Waals surface area (Å²) < 4.78 is 38.3. The van der Waals surface area contributed by atoms with Gasteiger partial charge >= 0.3 is 6.16 Å². The van der Waals surface area contributed by atoms with Crippen LogP contribution in [0.3, 0.4) is 0 Å². The van der Waals surface area contributed by atoms with E-state index < -0.39 is 22.2 Å². The standard InChI is InChI=1S/C22H27NO5S/c1-16-13-17(2)21(18(3)14-16)29(25,26)23-20(11-8-12-28-22(24)27-4)15-19-9-6-5-7-10-19/h5-11,13-14,20,23H,12,15H2,1-4H3/b11-8+. The Labute approximate surface area is 172 Å². The van der Waals surface area contributed by atoms with Crippen molar-refractivity contribution in [2.24, 2.45) is 0 Å². The monoisotopic (exact) mass is 417 g/mol. The van der Waals surface area contributed by atoms with Gasteiger partial charge in [0.05, 0.1) is 12.0 Å². The highest BCUT2D eigenvalue weighted by Gasteiger charge is 2.23. The molecule has 156 valence electrons. The lowest BCUT2D eigenvalue weighted by Crippen LogP contribution is -2.36. The smallest absolute Gasteiger partial charge is 0.438 e. The lowest BCUT2D eigenvalue weighted by Gasteiger charge is -2.18. The number of methoxy groups -OCH3 is 1. The molecule has 0 aliphatic heterocycles. The summed E-state index contributed by atoms with van der Waals surface area (Å²) in [5.41, 5.74) is 3.40.